The molecule has 0 aliphatic carbocycles. The molecule has 9 heteroatoms. The van der Waals surface area contributed by atoms with Crippen molar-refractivity contribution >= 4 is 5.91 Å². The molecule has 2 aromatic rings. The van der Waals surface area contributed by atoms with E-state index in [0.29, 0.717) is 13.0 Å². The number of halogens is 3. The van der Waals surface area contributed by atoms with Crippen molar-refractivity contribution in [2.24, 2.45) is 0 Å². The number of ether oxygens (including phenoxy) is 1. The predicted molar refractivity (Wildman–Crippen MR) is 71.0 cm³/mol. The fourth-order valence-electron chi connectivity index (χ4n) is 2.33. The van der Waals surface area contributed by atoms with E-state index >= 15 is 0 Å². The smallest absolute Gasteiger partial charge is 0.387 e. The number of rotatable bonds is 5. The van der Waals surface area contributed by atoms with Crippen LogP contribution in [-0.4, -0.2) is 34.1 Å². The van der Waals surface area contributed by atoms with Crippen LogP contribution in [0, 0.1) is 5.82 Å². The Bertz CT molecular complexity index is 720. The van der Waals surface area contributed by atoms with Crippen molar-refractivity contribution in [1.82, 2.24) is 15.0 Å². The number of hydrogen-bond acceptors (Lipinski definition) is 5. The van der Waals surface area contributed by atoms with Gasteiger partial charge in [0.1, 0.15) is 11.6 Å². The molecule has 0 N–H and O–H groups in total. The third-order valence-corrected chi connectivity index (χ3v) is 3.32. The van der Waals surface area contributed by atoms with Crippen LogP contribution in [0.15, 0.2) is 22.7 Å². The van der Waals surface area contributed by atoms with Crippen LogP contribution in [0.5, 0.6) is 5.75 Å². The van der Waals surface area contributed by atoms with Crippen LogP contribution in [0.25, 0.3) is 11.5 Å². The van der Waals surface area contributed by atoms with Crippen molar-refractivity contribution in [3.8, 4) is 17.2 Å². The van der Waals surface area contributed by atoms with Gasteiger partial charge in [-0.3, -0.25) is 4.79 Å². The predicted octanol–water partition coefficient (Wildman–Crippen LogP) is 2.60. The molecule has 2 heterocycles. The van der Waals surface area contributed by atoms with Crippen molar-refractivity contribution in [1.29, 1.82) is 0 Å². The Morgan fingerprint density at radius 1 is 1.35 bits per heavy atom. The quantitative estimate of drug-likeness (QED) is 0.844. The van der Waals surface area contributed by atoms with Crippen molar-refractivity contribution in [2.75, 3.05) is 6.54 Å². The lowest BCUT2D eigenvalue weighted by atomic mass is 10.2. The molecule has 0 radical (unpaired) electrons. The van der Waals surface area contributed by atoms with Gasteiger partial charge in [0.05, 0.1) is 6.54 Å². The second-order valence-corrected chi connectivity index (χ2v) is 4.99. The molecule has 0 spiro atoms. The Morgan fingerprint density at radius 2 is 2.17 bits per heavy atom. The highest BCUT2D eigenvalue weighted by Crippen LogP contribution is 2.26. The van der Waals surface area contributed by atoms with Gasteiger partial charge in [-0.25, -0.2) is 4.39 Å². The summed E-state index contributed by atoms with van der Waals surface area (Å²) < 4.78 is 47.1. The molecule has 1 saturated heterocycles. The van der Waals surface area contributed by atoms with Crippen LogP contribution in [0.2, 0.25) is 0 Å². The minimum Gasteiger partial charge on any atom is -0.435 e. The second-order valence-electron chi connectivity index (χ2n) is 4.99. The molecule has 1 aliphatic rings. The Hall–Kier alpha value is -2.58. The van der Waals surface area contributed by atoms with Gasteiger partial charge in [0.15, 0.2) is 5.82 Å². The lowest BCUT2D eigenvalue weighted by Crippen LogP contribution is -2.24. The number of nitrogens with zero attached hydrogens (tertiary/aromatic N) is 3. The molecule has 0 bridgehead atoms. The van der Waals surface area contributed by atoms with Crippen LogP contribution in [0.4, 0.5) is 13.2 Å². The molecule has 6 nitrogen and oxygen atoms in total. The van der Waals surface area contributed by atoms with Crippen molar-refractivity contribution in [2.45, 2.75) is 26.0 Å². The van der Waals surface area contributed by atoms with Crippen LogP contribution in [-0.2, 0) is 11.3 Å². The number of likely N-dealkylation sites (tertiary alicyclic amines) is 1. The van der Waals surface area contributed by atoms with Crippen molar-refractivity contribution in [3.63, 3.8) is 0 Å². The maximum atomic E-state index is 13.5. The first kappa shape index (κ1) is 15.3. The number of benzene rings is 1. The highest BCUT2D eigenvalue weighted by molar-refractivity contribution is 5.77. The van der Waals surface area contributed by atoms with Gasteiger partial charge in [-0.1, -0.05) is 5.16 Å². The third kappa shape index (κ3) is 3.61. The molecule has 0 saturated carbocycles. The molecule has 1 fully saturated rings. The van der Waals surface area contributed by atoms with E-state index in [9.17, 15) is 18.0 Å². The fourth-order valence-corrected chi connectivity index (χ4v) is 2.33. The van der Waals surface area contributed by atoms with Gasteiger partial charge in [0.2, 0.25) is 5.91 Å². The number of alkyl halides is 2. The van der Waals surface area contributed by atoms with Gasteiger partial charge in [-0.05, 0) is 18.6 Å². The van der Waals surface area contributed by atoms with Crippen molar-refractivity contribution in [3.05, 3.63) is 29.8 Å². The minimum atomic E-state index is -3.07. The van der Waals surface area contributed by atoms with Crippen LogP contribution in [0.1, 0.15) is 18.7 Å². The van der Waals surface area contributed by atoms with Gasteiger partial charge >= 0.3 is 6.61 Å². The average Bonchev–Trinajstić information content (AvgIpc) is 3.08. The molecule has 1 aromatic carbocycles. The molecular weight excluding hydrogens is 315 g/mol. The zero-order valence-corrected chi connectivity index (χ0v) is 11.8. The van der Waals surface area contributed by atoms with E-state index in [1.807, 2.05) is 0 Å². The lowest BCUT2D eigenvalue weighted by molar-refractivity contribution is -0.128. The highest BCUT2D eigenvalue weighted by Gasteiger charge is 2.22. The summed E-state index contributed by atoms with van der Waals surface area (Å²) in [6.45, 7) is -2.25. The Kier molecular flexibility index (Phi) is 4.18. The summed E-state index contributed by atoms with van der Waals surface area (Å²) in [6, 6.07) is 3.07. The Labute approximate surface area is 128 Å². The molecule has 1 amide bonds. The minimum absolute atomic E-state index is 0.00900. The van der Waals surface area contributed by atoms with E-state index in [4.69, 9.17) is 4.52 Å². The maximum Gasteiger partial charge on any atom is 0.387 e. The molecule has 1 aromatic heterocycles. The molecule has 0 atom stereocenters. The summed E-state index contributed by atoms with van der Waals surface area (Å²) in [5.41, 5.74) is 0.118. The van der Waals surface area contributed by atoms with E-state index < -0.39 is 12.4 Å². The fraction of sp³-hybridized carbons (Fsp3) is 0.357. The van der Waals surface area contributed by atoms with Crippen molar-refractivity contribution < 1.29 is 27.2 Å². The molecule has 0 unspecified atom stereocenters. The number of carbonyl (C=O) groups is 1. The summed E-state index contributed by atoms with van der Waals surface area (Å²) in [7, 11) is 0. The zero-order chi connectivity index (χ0) is 16.4. The Balaban J connectivity index is 1.79. The molecular formula is C14H12F3N3O3. The number of aromatic nitrogens is 2. The standard InChI is InChI=1S/C14H12F3N3O3/c15-9-4-8(5-10(6-9)22-14(16)17)13-18-11(19-23-13)7-20-3-1-2-12(20)21/h4-6,14H,1-3,7H2. The summed E-state index contributed by atoms with van der Waals surface area (Å²) in [5.74, 6) is -0.882. The molecule has 23 heavy (non-hydrogen) atoms. The van der Waals surface area contributed by atoms with Gasteiger partial charge in [-0.15, -0.1) is 0 Å². The number of carbonyl (C=O) groups excluding carboxylic acids is 1. The van der Waals surface area contributed by atoms with Crippen LogP contribution < -0.4 is 4.74 Å². The van der Waals surface area contributed by atoms with E-state index in [-0.39, 0.29) is 35.5 Å². The van der Waals surface area contributed by atoms with Crippen LogP contribution >= 0.6 is 0 Å². The molecule has 3 rings (SSSR count). The van der Waals surface area contributed by atoms with E-state index in [2.05, 4.69) is 14.9 Å². The zero-order valence-electron chi connectivity index (χ0n) is 11.8. The third-order valence-electron chi connectivity index (χ3n) is 3.32. The van der Waals surface area contributed by atoms with Crippen LogP contribution in [0.3, 0.4) is 0 Å². The van der Waals surface area contributed by atoms with Gasteiger partial charge in [0, 0.05) is 24.6 Å². The SMILES string of the molecule is O=C1CCCN1Cc1noc(-c2cc(F)cc(OC(F)F)c2)n1. The van der Waals surface area contributed by atoms with Gasteiger partial charge in [0.25, 0.3) is 5.89 Å². The highest BCUT2D eigenvalue weighted by atomic mass is 19.3. The topological polar surface area (TPSA) is 68.5 Å². The summed E-state index contributed by atoms with van der Waals surface area (Å²) in [6.07, 6.45) is 1.27. The second kappa shape index (κ2) is 6.27. The first-order chi connectivity index (χ1) is 11.0. The van der Waals surface area contributed by atoms with E-state index in [0.717, 1.165) is 18.6 Å². The molecule has 122 valence electrons. The summed E-state index contributed by atoms with van der Waals surface area (Å²) >= 11 is 0. The largest absolute Gasteiger partial charge is 0.435 e. The first-order valence-corrected chi connectivity index (χ1v) is 6.87. The Morgan fingerprint density at radius 3 is 2.87 bits per heavy atom. The number of hydrogen-bond donors (Lipinski definition) is 0. The lowest BCUT2D eigenvalue weighted by Gasteiger charge is -2.11. The number of amides is 1. The van der Waals surface area contributed by atoms with Gasteiger partial charge < -0.3 is 14.2 Å². The summed E-state index contributed by atoms with van der Waals surface area (Å²) in [5, 5.41) is 3.72. The van der Waals surface area contributed by atoms with E-state index in [1.165, 1.54) is 6.07 Å². The summed E-state index contributed by atoms with van der Waals surface area (Å²) in [4.78, 5) is 17.2. The normalized spacial score (nSPS) is 14.8. The maximum absolute atomic E-state index is 13.5. The average molecular weight is 327 g/mol. The monoisotopic (exact) mass is 327 g/mol. The van der Waals surface area contributed by atoms with Gasteiger partial charge in [-0.2, -0.15) is 13.8 Å². The molecule has 1 aliphatic heterocycles. The van der Waals surface area contributed by atoms with E-state index in [1.54, 1.807) is 4.90 Å². The first-order valence-electron chi connectivity index (χ1n) is 6.87.